The number of amides is 2. The van der Waals surface area contributed by atoms with Gasteiger partial charge in [-0.2, -0.15) is 0 Å². The van der Waals surface area contributed by atoms with Crippen LogP contribution in [0.3, 0.4) is 0 Å². The monoisotopic (exact) mass is 297 g/mol. The standard InChI is InChI=1S/C13H16FN3O4/c1-8(2)15-12(18)7-16(3)13(19)10-6-9(14)4-5-11(10)17(20)21/h4-6,8H,7H2,1-3H3,(H,15,18). The van der Waals surface area contributed by atoms with E-state index in [-0.39, 0.29) is 18.2 Å². The number of nitrogens with zero attached hydrogens (tertiary/aromatic N) is 2. The van der Waals surface area contributed by atoms with Gasteiger partial charge in [-0.05, 0) is 26.0 Å². The average molecular weight is 297 g/mol. The Kier molecular flexibility index (Phi) is 5.34. The van der Waals surface area contributed by atoms with Gasteiger partial charge in [-0.1, -0.05) is 0 Å². The van der Waals surface area contributed by atoms with Crippen LogP contribution in [0.2, 0.25) is 0 Å². The lowest BCUT2D eigenvalue weighted by Gasteiger charge is -2.18. The molecule has 0 aromatic heterocycles. The first-order valence-electron chi connectivity index (χ1n) is 6.21. The average Bonchev–Trinajstić information content (AvgIpc) is 2.36. The first kappa shape index (κ1) is 16.5. The smallest absolute Gasteiger partial charge is 0.282 e. The first-order chi connectivity index (χ1) is 9.72. The summed E-state index contributed by atoms with van der Waals surface area (Å²) in [6.07, 6.45) is 0. The van der Waals surface area contributed by atoms with Crippen LogP contribution < -0.4 is 5.32 Å². The predicted molar refractivity (Wildman–Crippen MR) is 73.3 cm³/mol. The van der Waals surface area contributed by atoms with Crippen LogP contribution in [0.1, 0.15) is 24.2 Å². The summed E-state index contributed by atoms with van der Waals surface area (Å²) in [6, 6.07) is 2.52. The van der Waals surface area contributed by atoms with Gasteiger partial charge in [0, 0.05) is 19.2 Å². The van der Waals surface area contributed by atoms with Gasteiger partial charge in [0.15, 0.2) is 0 Å². The molecule has 8 heteroatoms. The van der Waals surface area contributed by atoms with Crippen molar-refractivity contribution in [2.45, 2.75) is 19.9 Å². The van der Waals surface area contributed by atoms with Crippen LogP contribution >= 0.6 is 0 Å². The van der Waals surface area contributed by atoms with Crippen molar-refractivity contribution < 1.29 is 18.9 Å². The lowest BCUT2D eigenvalue weighted by Crippen LogP contribution is -2.41. The number of benzene rings is 1. The highest BCUT2D eigenvalue weighted by molar-refractivity contribution is 5.99. The molecule has 0 saturated carbocycles. The molecule has 0 aliphatic carbocycles. The molecule has 1 rings (SSSR count). The van der Waals surface area contributed by atoms with Gasteiger partial charge in [-0.15, -0.1) is 0 Å². The first-order valence-corrected chi connectivity index (χ1v) is 6.21. The molecule has 1 aromatic carbocycles. The van der Waals surface area contributed by atoms with Crippen molar-refractivity contribution in [2.75, 3.05) is 13.6 Å². The van der Waals surface area contributed by atoms with Crippen molar-refractivity contribution >= 4 is 17.5 Å². The van der Waals surface area contributed by atoms with Crippen LogP contribution in [-0.4, -0.2) is 41.3 Å². The third-order valence-corrected chi connectivity index (χ3v) is 2.56. The van der Waals surface area contributed by atoms with Crippen molar-refractivity contribution in [3.05, 3.63) is 39.7 Å². The second-order valence-corrected chi connectivity index (χ2v) is 4.80. The van der Waals surface area contributed by atoms with E-state index in [1.807, 2.05) is 0 Å². The minimum atomic E-state index is -0.792. The number of carbonyl (C=O) groups excluding carboxylic acids is 2. The Morgan fingerprint density at radius 3 is 2.57 bits per heavy atom. The lowest BCUT2D eigenvalue weighted by atomic mass is 10.1. The number of rotatable bonds is 5. The topological polar surface area (TPSA) is 92.6 Å². The van der Waals surface area contributed by atoms with Gasteiger partial charge < -0.3 is 10.2 Å². The molecular weight excluding hydrogens is 281 g/mol. The van der Waals surface area contributed by atoms with Crippen molar-refractivity contribution in [3.8, 4) is 0 Å². The molecule has 2 amide bonds. The second kappa shape index (κ2) is 6.78. The molecule has 0 aliphatic heterocycles. The zero-order valence-electron chi connectivity index (χ0n) is 11.9. The highest BCUT2D eigenvalue weighted by atomic mass is 19.1. The molecule has 0 fully saturated rings. The third-order valence-electron chi connectivity index (χ3n) is 2.56. The molecule has 114 valence electrons. The minimum absolute atomic E-state index is 0.0930. The molecule has 0 atom stereocenters. The minimum Gasteiger partial charge on any atom is -0.352 e. The van der Waals surface area contributed by atoms with Gasteiger partial charge in [0.1, 0.15) is 11.4 Å². The van der Waals surface area contributed by atoms with Gasteiger partial charge in [0.2, 0.25) is 5.91 Å². The molecule has 0 saturated heterocycles. The van der Waals surface area contributed by atoms with E-state index in [4.69, 9.17) is 0 Å². The Morgan fingerprint density at radius 2 is 2.05 bits per heavy atom. The van der Waals surface area contributed by atoms with E-state index in [0.29, 0.717) is 0 Å². The molecule has 1 aromatic rings. The normalized spacial score (nSPS) is 10.3. The predicted octanol–water partition coefficient (Wildman–Crippen LogP) is 1.33. The van der Waals surface area contributed by atoms with Crippen LogP contribution in [0.5, 0.6) is 0 Å². The van der Waals surface area contributed by atoms with E-state index in [1.54, 1.807) is 13.8 Å². The maximum absolute atomic E-state index is 13.2. The summed E-state index contributed by atoms with van der Waals surface area (Å²) in [6.45, 7) is 3.25. The summed E-state index contributed by atoms with van der Waals surface area (Å²) in [4.78, 5) is 34.8. The highest BCUT2D eigenvalue weighted by Gasteiger charge is 2.24. The van der Waals surface area contributed by atoms with E-state index in [1.165, 1.54) is 7.05 Å². The largest absolute Gasteiger partial charge is 0.352 e. The molecule has 0 radical (unpaired) electrons. The number of hydrogen-bond acceptors (Lipinski definition) is 4. The van der Waals surface area contributed by atoms with E-state index >= 15 is 0 Å². The zero-order chi connectivity index (χ0) is 16.2. The quantitative estimate of drug-likeness (QED) is 0.655. The molecule has 21 heavy (non-hydrogen) atoms. The summed E-state index contributed by atoms with van der Waals surface area (Å²) in [5.41, 5.74) is -0.891. The Labute approximate surface area is 120 Å². The molecule has 0 spiro atoms. The number of nitrogens with one attached hydrogen (secondary N) is 1. The summed E-state index contributed by atoms with van der Waals surface area (Å²) >= 11 is 0. The maximum atomic E-state index is 13.2. The van der Waals surface area contributed by atoms with Crippen molar-refractivity contribution in [1.82, 2.24) is 10.2 Å². The second-order valence-electron chi connectivity index (χ2n) is 4.80. The van der Waals surface area contributed by atoms with Gasteiger partial charge in [0.25, 0.3) is 11.6 Å². The van der Waals surface area contributed by atoms with E-state index in [9.17, 15) is 24.1 Å². The van der Waals surface area contributed by atoms with Gasteiger partial charge in [-0.3, -0.25) is 19.7 Å². The SMILES string of the molecule is CC(C)NC(=O)CN(C)C(=O)c1cc(F)ccc1[N+](=O)[O-]. The van der Waals surface area contributed by atoms with Crippen molar-refractivity contribution in [1.29, 1.82) is 0 Å². The Bertz CT molecular complexity index is 575. The molecule has 0 aliphatic rings. The number of carbonyl (C=O) groups is 2. The molecular formula is C13H16FN3O4. The van der Waals surface area contributed by atoms with E-state index in [2.05, 4.69) is 5.32 Å². The van der Waals surface area contributed by atoms with Crippen LogP contribution in [0.4, 0.5) is 10.1 Å². The van der Waals surface area contributed by atoms with Crippen LogP contribution in [0, 0.1) is 15.9 Å². The van der Waals surface area contributed by atoms with Crippen molar-refractivity contribution in [3.63, 3.8) is 0 Å². The lowest BCUT2D eigenvalue weighted by molar-refractivity contribution is -0.385. The Morgan fingerprint density at radius 1 is 1.43 bits per heavy atom. The van der Waals surface area contributed by atoms with Crippen LogP contribution in [0.25, 0.3) is 0 Å². The number of hydrogen-bond donors (Lipinski definition) is 1. The fraction of sp³-hybridized carbons (Fsp3) is 0.385. The van der Waals surface area contributed by atoms with Crippen molar-refractivity contribution in [2.24, 2.45) is 0 Å². The fourth-order valence-electron chi connectivity index (χ4n) is 1.70. The molecule has 7 nitrogen and oxygen atoms in total. The van der Waals surface area contributed by atoms with Crippen LogP contribution in [-0.2, 0) is 4.79 Å². The number of likely N-dealkylation sites (N-methyl/N-ethyl adjacent to an activating group) is 1. The fourth-order valence-corrected chi connectivity index (χ4v) is 1.70. The molecule has 0 bridgehead atoms. The number of nitro groups is 1. The third kappa shape index (κ3) is 4.51. The van der Waals surface area contributed by atoms with Crippen LogP contribution in [0.15, 0.2) is 18.2 Å². The highest BCUT2D eigenvalue weighted by Crippen LogP contribution is 2.20. The van der Waals surface area contributed by atoms with E-state index < -0.39 is 28.2 Å². The van der Waals surface area contributed by atoms with Gasteiger partial charge >= 0.3 is 0 Å². The summed E-state index contributed by atoms with van der Waals surface area (Å²) in [5, 5.41) is 13.4. The summed E-state index contributed by atoms with van der Waals surface area (Å²) in [5.74, 6) is -1.95. The Hall–Kier alpha value is -2.51. The van der Waals surface area contributed by atoms with Gasteiger partial charge in [-0.25, -0.2) is 4.39 Å². The number of nitro benzene ring substituents is 1. The molecule has 0 heterocycles. The number of halogens is 1. The maximum Gasteiger partial charge on any atom is 0.282 e. The summed E-state index contributed by atoms with van der Waals surface area (Å²) < 4.78 is 13.2. The molecule has 0 unspecified atom stereocenters. The van der Waals surface area contributed by atoms with Gasteiger partial charge in [0.05, 0.1) is 11.5 Å². The Balaban J connectivity index is 2.95. The van der Waals surface area contributed by atoms with E-state index in [0.717, 1.165) is 23.1 Å². The molecule has 1 N–H and O–H groups in total. The zero-order valence-corrected chi connectivity index (χ0v) is 11.9. The summed E-state index contributed by atoms with van der Waals surface area (Å²) in [7, 11) is 1.32.